The van der Waals surface area contributed by atoms with Crippen LogP contribution in [0.1, 0.15) is 31.7 Å². The third kappa shape index (κ3) is 4.88. The van der Waals surface area contributed by atoms with Crippen molar-refractivity contribution in [2.24, 2.45) is 0 Å². The van der Waals surface area contributed by atoms with Crippen molar-refractivity contribution >= 4 is 21.8 Å². The Morgan fingerprint density at radius 2 is 1.86 bits per heavy atom. The first-order chi connectivity index (χ1) is 10.6. The van der Waals surface area contributed by atoms with Gasteiger partial charge in [-0.15, -0.1) is 0 Å². The number of para-hydroxylation sites is 1. The van der Waals surface area contributed by atoms with Gasteiger partial charge in [-0.3, -0.25) is 4.79 Å². The van der Waals surface area contributed by atoms with Crippen molar-refractivity contribution in [3.05, 3.63) is 58.6 Å². The molecule has 116 valence electrons. The van der Waals surface area contributed by atoms with Gasteiger partial charge >= 0.3 is 0 Å². The lowest BCUT2D eigenvalue weighted by atomic mass is 9.98. The van der Waals surface area contributed by atoms with E-state index in [9.17, 15) is 4.79 Å². The molecule has 4 heteroatoms. The van der Waals surface area contributed by atoms with Crippen LogP contribution in [0.4, 0.5) is 0 Å². The van der Waals surface area contributed by atoms with Crippen molar-refractivity contribution in [3.63, 3.8) is 0 Å². The summed E-state index contributed by atoms with van der Waals surface area (Å²) in [6.45, 7) is 4.40. The van der Waals surface area contributed by atoms with Gasteiger partial charge in [-0.25, -0.2) is 0 Å². The summed E-state index contributed by atoms with van der Waals surface area (Å²) < 4.78 is 6.79. The summed E-state index contributed by atoms with van der Waals surface area (Å²) in [4.78, 5) is 10.9. The fourth-order valence-corrected chi connectivity index (χ4v) is 2.52. The molecule has 2 aromatic rings. The molecule has 3 nitrogen and oxygen atoms in total. The number of hydrogen-bond donors (Lipinski definition) is 1. The van der Waals surface area contributed by atoms with Gasteiger partial charge in [0.1, 0.15) is 11.5 Å². The van der Waals surface area contributed by atoms with E-state index in [1.54, 1.807) is 6.92 Å². The first-order valence-corrected chi connectivity index (χ1v) is 8.12. The molecule has 0 aliphatic rings. The van der Waals surface area contributed by atoms with Gasteiger partial charge < -0.3 is 10.1 Å². The number of carbonyl (C=O) groups is 1. The van der Waals surface area contributed by atoms with Crippen LogP contribution in [0.3, 0.4) is 0 Å². The van der Waals surface area contributed by atoms with E-state index in [1.165, 1.54) is 5.56 Å². The first kappa shape index (κ1) is 16.6. The van der Waals surface area contributed by atoms with Crippen LogP contribution in [-0.2, 0) is 4.79 Å². The van der Waals surface area contributed by atoms with Crippen molar-refractivity contribution < 1.29 is 9.53 Å². The lowest BCUT2D eigenvalue weighted by molar-refractivity contribution is -0.118. The molecule has 0 heterocycles. The quantitative estimate of drug-likeness (QED) is 0.796. The highest BCUT2D eigenvalue weighted by Gasteiger charge is 2.07. The monoisotopic (exact) mass is 361 g/mol. The Morgan fingerprint density at radius 1 is 1.18 bits per heavy atom. The molecule has 1 amide bonds. The van der Waals surface area contributed by atoms with Crippen molar-refractivity contribution in [2.45, 2.75) is 26.2 Å². The first-order valence-electron chi connectivity index (χ1n) is 7.33. The lowest BCUT2D eigenvalue weighted by Crippen LogP contribution is -2.22. The van der Waals surface area contributed by atoms with Crippen LogP contribution in [0.2, 0.25) is 0 Å². The van der Waals surface area contributed by atoms with Crippen molar-refractivity contribution in [1.29, 1.82) is 0 Å². The highest BCUT2D eigenvalue weighted by molar-refractivity contribution is 9.10. The number of halogens is 1. The lowest BCUT2D eigenvalue weighted by Gasteiger charge is -2.13. The summed E-state index contributed by atoms with van der Waals surface area (Å²) in [6, 6.07) is 15.9. The molecule has 2 aromatic carbocycles. The van der Waals surface area contributed by atoms with Crippen LogP contribution in [0.15, 0.2) is 53.0 Å². The van der Waals surface area contributed by atoms with Gasteiger partial charge in [0.05, 0.1) is 4.47 Å². The molecule has 0 aromatic heterocycles. The molecule has 1 atom stereocenters. The van der Waals surface area contributed by atoms with Crippen molar-refractivity contribution in [1.82, 2.24) is 5.32 Å². The van der Waals surface area contributed by atoms with E-state index >= 15 is 0 Å². The Hall–Kier alpha value is -1.81. The highest BCUT2D eigenvalue weighted by Crippen LogP contribution is 2.30. The maximum absolute atomic E-state index is 10.9. The Labute approximate surface area is 139 Å². The minimum atomic E-state index is 0.0179. The van der Waals surface area contributed by atoms with Crippen LogP contribution in [0.5, 0.6) is 11.5 Å². The van der Waals surface area contributed by atoms with Gasteiger partial charge in [-0.2, -0.15) is 0 Å². The second kappa shape index (κ2) is 7.99. The molecular formula is C18H20BrNO2. The van der Waals surface area contributed by atoms with Crippen molar-refractivity contribution in [3.8, 4) is 11.5 Å². The number of nitrogens with one attached hydrogen (secondary N) is 1. The van der Waals surface area contributed by atoms with E-state index < -0.39 is 0 Å². The predicted molar refractivity (Wildman–Crippen MR) is 92.4 cm³/mol. The van der Waals surface area contributed by atoms with E-state index in [1.807, 2.05) is 36.4 Å². The Bertz CT molecular complexity index is 625. The molecule has 0 bridgehead atoms. The van der Waals surface area contributed by atoms with Crippen LogP contribution in [0.25, 0.3) is 0 Å². The van der Waals surface area contributed by atoms with E-state index in [0.29, 0.717) is 12.5 Å². The van der Waals surface area contributed by atoms with Gasteiger partial charge in [0, 0.05) is 13.5 Å². The Kier molecular flexibility index (Phi) is 6.01. The molecule has 1 unspecified atom stereocenters. The maximum atomic E-state index is 10.9. The van der Waals surface area contributed by atoms with E-state index in [-0.39, 0.29) is 5.91 Å². The molecule has 1 N–H and O–H groups in total. The number of rotatable bonds is 6. The third-order valence-corrected chi connectivity index (χ3v) is 4.12. The molecule has 22 heavy (non-hydrogen) atoms. The number of hydrogen-bond acceptors (Lipinski definition) is 2. The van der Waals surface area contributed by atoms with Crippen molar-refractivity contribution in [2.75, 3.05) is 6.54 Å². The summed E-state index contributed by atoms with van der Waals surface area (Å²) in [5, 5.41) is 2.83. The number of ether oxygens (including phenoxy) is 1. The molecule has 0 fully saturated rings. The van der Waals surface area contributed by atoms with Gasteiger partial charge in [0.25, 0.3) is 0 Å². The molecule has 0 spiro atoms. The molecule has 2 rings (SSSR count). The summed E-state index contributed by atoms with van der Waals surface area (Å²) >= 11 is 3.47. The fraction of sp³-hybridized carbons (Fsp3) is 0.278. The number of amides is 1. The predicted octanol–water partition coefficient (Wildman–Crippen LogP) is 4.87. The minimum absolute atomic E-state index is 0.0179. The zero-order valence-electron chi connectivity index (χ0n) is 12.8. The Morgan fingerprint density at radius 3 is 2.50 bits per heavy atom. The molecule has 0 aliphatic heterocycles. The average Bonchev–Trinajstić information content (AvgIpc) is 2.50. The number of benzene rings is 2. The second-order valence-corrected chi connectivity index (χ2v) is 6.13. The van der Waals surface area contributed by atoms with Gasteiger partial charge in [0.2, 0.25) is 5.91 Å². The van der Waals surface area contributed by atoms with E-state index in [0.717, 1.165) is 22.4 Å². The third-order valence-electron chi connectivity index (χ3n) is 3.46. The van der Waals surface area contributed by atoms with Crippen LogP contribution in [0, 0.1) is 0 Å². The average molecular weight is 362 g/mol. The molecule has 0 saturated heterocycles. The number of carbonyl (C=O) groups excluding carboxylic acids is 1. The largest absolute Gasteiger partial charge is 0.456 e. The normalized spacial score (nSPS) is 11.8. The summed E-state index contributed by atoms with van der Waals surface area (Å²) in [5.41, 5.74) is 1.24. The standard InChI is InChI=1S/C18H20BrNO2/c1-13(11-12-20-14(2)21)15-7-9-16(10-8-15)22-18-6-4-3-5-17(18)19/h3-10,13H,11-12H2,1-2H3,(H,20,21). The van der Waals surface area contributed by atoms with Crippen LogP contribution in [-0.4, -0.2) is 12.5 Å². The topological polar surface area (TPSA) is 38.3 Å². The van der Waals surface area contributed by atoms with Crippen LogP contribution < -0.4 is 10.1 Å². The molecule has 0 radical (unpaired) electrons. The highest BCUT2D eigenvalue weighted by atomic mass is 79.9. The second-order valence-electron chi connectivity index (χ2n) is 5.27. The molecule has 0 saturated carbocycles. The van der Waals surface area contributed by atoms with Gasteiger partial charge in [0.15, 0.2) is 0 Å². The fourth-order valence-electron chi connectivity index (χ4n) is 2.15. The maximum Gasteiger partial charge on any atom is 0.216 e. The van der Waals surface area contributed by atoms with E-state index in [4.69, 9.17) is 4.74 Å². The molecule has 0 aliphatic carbocycles. The summed E-state index contributed by atoms with van der Waals surface area (Å²) in [5.74, 6) is 2.02. The summed E-state index contributed by atoms with van der Waals surface area (Å²) in [6.07, 6.45) is 0.921. The smallest absolute Gasteiger partial charge is 0.216 e. The Balaban J connectivity index is 1.95. The minimum Gasteiger partial charge on any atom is -0.456 e. The zero-order chi connectivity index (χ0) is 15.9. The van der Waals surface area contributed by atoms with E-state index in [2.05, 4.69) is 40.3 Å². The van der Waals surface area contributed by atoms with Gasteiger partial charge in [-0.1, -0.05) is 31.2 Å². The van der Waals surface area contributed by atoms with Crippen LogP contribution >= 0.6 is 15.9 Å². The summed E-state index contributed by atoms with van der Waals surface area (Å²) in [7, 11) is 0. The van der Waals surface area contributed by atoms with Gasteiger partial charge in [-0.05, 0) is 58.1 Å². The SMILES string of the molecule is CC(=O)NCCC(C)c1ccc(Oc2ccccc2Br)cc1. The molecular weight excluding hydrogens is 342 g/mol. The zero-order valence-corrected chi connectivity index (χ0v) is 14.4.